The molecule has 26 heavy (non-hydrogen) atoms. The molecule has 3 aromatic rings. The van der Waals surface area contributed by atoms with Crippen molar-refractivity contribution in [1.82, 2.24) is 0 Å². The van der Waals surface area contributed by atoms with Crippen LogP contribution in [0.4, 0.5) is 0 Å². The quantitative estimate of drug-likeness (QED) is 0.647. The maximum Gasteiger partial charge on any atom is 0.335 e. The van der Waals surface area contributed by atoms with Crippen LogP contribution in [-0.4, -0.2) is 17.7 Å². The first kappa shape index (κ1) is 17.5. The molecule has 0 radical (unpaired) electrons. The molecule has 4 heteroatoms. The van der Waals surface area contributed by atoms with Crippen molar-refractivity contribution in [1.29, 1.82) is 0 Å². The summed E-state index contributed by atoms with van der Waals surface area (Å²) in [5.74, 6) is 0.371. The highest BCUT2D eigenvalue weighted by Crippen LogP contribution is 2.27. The number of carbonyl (C=O) groups is 1. The van der Waals surface area contributed by atoms with Crippen molar-refractivity contribution in [2.24, 2.45) is 0 Å². The lowest BCUT2D eigenvalue weighted by Crippen LogP contribution is -2.04. The lowest BCUT2D eigenvalue weighted by atomic mass is 10.1. The van der Waals surface area contributed by atoms with Crippen molar-refractivity contribution in [3.63, 3.8) is 0 Å². The van der Waals surface area contributed by atoms with Crippen LogP contribution in [0, 0.1) is 0 Å². The summed E-state index contributed by atoms with van der Waals surface area (Å²) in [6.07, 6.45) is 0.815. The third-order valence-corrected chi connectivity index (χ3v) is 3.91. The summed E-state index contributed by atoms with van der Waals surface area (Å²) in [4.78, 5) is 11.1. The second kappa shape index (κ2) is 8.72. The Hall–Kier alpha value is -3.27. The average molecular weight is 348 g/mol. The second-order valence-corrected chi connectivity index (χ2v) is 5.83. The molecule has 1 N–H and O–H groups in total. The fourth-order valence-corrected chi connectivity index (χ4v) is 2.57. The van der Waals surface area contributed by atoms with Crippen molar-refractivity contribution >= 4 is 5.97 Å². The van der Waals surface area contributed by atoms with Crippen molar-refractivity contribution in [2.75, 3.05) is 6.61 Å². The SMILES string of the molecule is O=C(O)c1cccc(COc2ccccc2OCCc2ccccc2)c1. The zero-order valence-electron chi connectivity index (χ0n) is 14.3. The maximum atomic E-state index is 11.1. The van der Waals surface area contributed by atoms with Gasteiger partial charge in [-0.05, 0) is 35.4 Å². The smallest absolute Gasteiger partial charge is 0.335 e. The van der Waals surface area contributed by atoms with Crippen molar-refractivity contribution in [3.05, 3.63) is 95.6 Å². The highest BCUT2D eigenvalue weighted by molar-refractivity contribution is 5.87. The zero-order chi connectivity index (χ0) is 18.2. The van der Waals surface area contributed by atoms with Gasteiger partial charge < -0.3 is 14.6 Å². The number of para-hydroxylation sites is 2. The predicted molar refractivity (Wildman–Crippen MR) is 99.8 cm³/mol. The molecule has 0 fully saturated rings. The minimum Gasteiger partial charge on any atom is -0.489 e. The Bertz CT molecular complexity index is 859. The van der Waals surface area contributed by atoms with Gasteiger partial charge in [0, 0.05) is 6.42 Å². The van der Waals surface area contributed by atoms with Crippen LogP contribution in [0.1, 0.15) is 21.5 Å². The molecule has 0 atom stereocenters. The molecule has 0 bridgehead atoms. The predicted octanol–water partition coefficient (Wildman–Crippen LogP) is 4.59. The highest BCUT2D eigenvalue weighted by Gasteiger charge is 2.07. The van der Waals surface area contributed by atoms with Gasteiger partial charge in [-0.15, -0.1) is 0 Å². The number of ether oxygens (including phenoxy) is 2. The second-order valence-electron chi connectivity index (χ2n) is 5.83. The number of benzene rings is 3. The first-order valence-electron chi connectivity index (χ1n) is 8.43. The molecule has 4 nitrogen and oxygen atoms in total. The topological polar surface area (TPSA) is 55.8 Å². The van der Waals surface area contributed by atoms with Crippen LogP contribution in [0.2, 0.25) is 0 Å². The fourth-order valence-electron chi connectivity index (χ4n) is 2.57. The van der Waals surface area contributed by atoms with E-state index in [4.69, 9.17) is 14.6 Å². The summed E-state index contributed by atoms with van der Waals surface area (Å²) in [5, 5.41) is 9.07. The van der Waals surface area contributed by atoms with E-state index in [2.05, 4.69) is 12.1 Å². The van der Waals surface area contributed by atoms with Gasteiger partial charge in [-0.25, -0.2) is 4.79 Å². The number of carboxylic acid groups (broad SMARTS) is 1. The van der Waals surface area contributed by atoms with Gasteiger partial charge in [0.1, 0.15) is 6.61 Å². The van der Waals surface area contributed by atoms with E-state index in [9.17, 15) is 4.79 Å². The minimum absolute atomic E-state index is 0.249. The van der Waals surface area contributed by atoms with Crippen molar-refractivity contribution in [2.45, 2.75) is 13.0 Å². The summed E-state index contributed by atoms with van der Waals surface area (Å²) in [6, 6.07) is 24.4. The van der Waals surface area contributed by atoms with Gasteiger partial charge in [0.05, 0.1) is 12.2 Å². The first-order valence-corrected chi connectivity index (χ1v) is 8.43. The molecule has 3 aromatic carbocycles. The zero-order valence-corrected chi connectivity index (χ0v) is 14.3. The largest absolute Gasteiger partial charge is 0.489 e. The fraction of sp³-hybridized carbons (Fsp3) is 0.136. The van der Waals surface area contributed by atoms with Crippen molar-refractivity contribution < 1.29 is 19.4 Å². The third kappa shape index (κ3) is 4.86. The summed E-state index contributed by atoms with van der Waals surface area (Å²) in [7, 11) is 0. The van der Waals surface area contributed by atoms with Crippen LogP contribution >= 0.6 is 0 Å². The molecule has 0 spiro atoms. The van der Waals surface area contributed by atoms with Gasteiger partial charge in [0.15, 0.2) is 11.5 Å². The average Bonchev–Trinajstić information content (AvgIpc) is 2.68. The van der Waals surface area contributed by atoms with Crippen LogP contribution in [0.15, 0.2) is 78.9 Å². The van der Waals surface area contributed by atoms with E-state index < -0.39 is 5.97 Å². The van der Waals surface area contributed by atoms with Crippen molar-refractivity contribution in [3.8, 4) is 11.5 Å². The number of hydrogen-bond acceptors (Lipinski definition) is 3. The Morgan fingerprint density at radius 3 is 2.15 bits per heavy atom. The summed E-state index contributed by atoms with van der Waals surface area (Å²) in [6.45, 7) is 0.832. The normalized spacial score (nSPS) is 10.3. The molecular weight excluding hydrogens is 328 g/mol. The molecule has 0 aromatic heterocycles. The molecule has 0 aliphatic rings. The van der Waals surface area contributed by atoms with Crippen LogP contribution in [0.25, 0.3) is 0 Å². The van der Waals surface area contributed by atoms with Crippen LogP contribution in [-0.2, 0) is 13.0 Å². The Morgan fingerprint density at radius 2 is 1.42 bits per heavy atom. The van der Waals surface area contributed by atoms with Crippen LogP contribution in [0.5, 0.6) is 11.5 Å². The number of carboxylic acids is 1. The maximum absolute atomic E-state index is 11.1. The summed E-state index contributed by atoms with van der Waals surface area (Å²) < 4.78 is 11.7. The highest BCUT2D eigenvalue weighted by atomic mass is 16.5. The third-order valence-electron chi connectivity index (χ3n) is 3.91. The standard InChI is InChI=1S/C22H20O4/c23-22(24)19-10-6-9-18(15-19)16-26-21-12-5-4-11-20(21)25-14-13-17-7-2-1-3-8-17/h1-12,15H,13-14,16H2,(H,23,24). The van der Waals surface area contributed by atoms with E-state index in [-0.39, 0.29) is 12.2 Å². The van der Waals surface area contributed by atoms with E-state index in [0.717, 1.165) is 12.0 Å². The number of aromatic carboxylic acids is 1. The molecule has 3 rings (SSSR count). The van der Waals surface area contributed by atoms with Gasteiger partial charge in [0.2, 0.25) is 0 Å². The minimum atomic E-state index is -0.948. The van der Waals surface area contributed by atoms with E-state index in [0.29, 0.717) is 18.1 Å². The number of hydrogen-bond donors (Lipinski definition) is 1. The van der Waals surface area contributed by atoms with Crippen LogP contribution < -0.4 is 9.47 Å². The molecule has 0 heterocycles. The summed E-state index contributed by atoms with van der Waals surface area (Å²) >= 11 is 0. The molecule has 0 saturated carbocycles. The Morgan fingerprint density at radius 1 is 0.769 bits per heavy atom. The number of rotatable bonds is 8. The Kier molecular flexibility index (Phi) is 5.88. The molecular formula is C22H20O4. The van der Waals surface area contributed by atoms with E-state index in [1.165, 1.54) is 5.56 Å². The van der Waals surface area contributed by atoms with Crippen LogP contribution in [0.3, 0.4) is 0 Å². The summed E-state index contributed by atoms with van der Waals surface area (Å²) in [5.41, 5.74) is 2.26. The van der Waals surface area contributed by atoms with Gasteiger partial charge in [-0.3, -0.25) is 0 Å². The van der Waals surface area contributed by atoms with E-state index >= 15 is 0 Å². The Balaban J connectivity index is 1.60. The van der Waals surface area contributed by atoms with E-state index in [1.54, 1.807) is 18.2 Å². The van der Waals surface area contributed by atoms with Gasteiger partial charge in [-0.2, -0.15) is 0 Å². The van der Waals surface area contributed by atoms with Gasteiger partial charge >= 0.3 is 5.97 Å². The molecule has 0 saturated heterocycles. The molecule has 132 valence electrons. The molecule has 0 unspecified atom stereocenters. The first-order chi connectivity index (χ1) is 12.7. The monoisotopic (exact) mass is 348 g/mol. The van der Waals surface area contributed by atoms with Gasteiger partial charge in [0.25, 0.3) is 0 Å². The Labute approximate surface area is 152 Å². The lowest BCUT2D eigenvalue weighted by Gasteiger charge is -2.13. The lowest BCUT2D eigenvalue weighted by molar-refractivity contribution is 0.0696. The molecule has 0 aliphatic carbocycles. The van der Waals surface area contributed by atoms with E-state index in [1.807, 2.05) is 48.5 Å². The molecule has 0 amide bonds. The molecule has 0 aliphatic heterocycles. The van der Waals surface area contributed by atoms with Gasteiger partial charge in [-0.1, -0.05) is 54.6 Å².